The lowest BCUT2D eigenvalue weighted by molar-refractivity contribution is -0.138. The summed E-state index contributed by atoms with van der Waals surface area (Å²) in [6, 6.07) is 4.79. The lowest BCUT2D eigenvalue weighted by Gasteiger charge is -2.34. The molecule has 0 spiro atoms. The van der Waals surface area contributed by atoms with Crippen molar-refractivity contribution in [2.75, 3.05) is 19.0 Å². The molecule has 1 aromatic rings. The molecule has 2 N–H and O–H groups in total. The van der Waals surface area contributed by atoms with Crippen LogP contribution in [-0.4, -0.2) is 41.2 Å². The van der Waals surface area contributed by atoms with E-state index in [0.717, 1.165) is 11.3 Å². The topological polar surface area (TPSA) is 78.9 Å². The van der Waals surface area contributed by atoms with Crippen LogP contribution in [0.5, 0.6) is 5.75 Å². The second-order valence-electron chi connectivity index (χ2n) is 5.77. The number of urea groups is 1. The highest BCUT2D eigenvalue weighted by molar-refractivity contribution is 5.92. The Labute approximate surface area is 124 Å². The Balaban J connectivity index is 2.91. The number of aliphatic carboxylic acids is 1. The normalized spacial score (nSPS) is 10.9. The summed E-state index contributed by atoms with van der Waals surface area (Å²) in [5, 5.41) is 11.7. The third-order valence-electron chi connectivity index (χ3n) is 2.99. The maximum atomic E-state index is 12.3. The van der Waals surface area contributed by atoms with Crippen molar-refractivity contribution in [1.82, 2.24) is 4.90 Å². The number of carboxylic acids is 1. The summed E-state index contributed by atoms with van der Waals surface area (Å²) in [4.78, 5) is 24.5. The fourth-order valence-electron chi connectivity index (χ4n) is 1.90. The molecular weight excluding hydrogens is 272 g/mol. The van der Waals surface area contributed by atoms with Gasteiger partial charge >= 0.3 is 12.0 Å². The number of carboxylic acid groups (broad SMARTS) is 1. The molecule has 0 fully saturated rings. The minimum atomic E-state index is -1.05. The van der Waals surface area contributed by atoms with E-state index in [0.29, 0.717) is 5.69 Å². The summed E-state index contributed by atoms with van der Waals surface area (Å²) in [5.41, 5.74) is 0.887. The number of hydrogen-bond acceptors (Lipinski definition) is 3. The summed E-state index contributed by atoms with van der Waals surface area (Å²) >= 11 is 0. The molecular formula is C15H22N2O4. The Morgan fingerprint density at radius 1 is 1.33 bits per heavy atom. The number of aryl methyl sites for hydroxylation is 1. The van der Waals surface area contributed by atoms with Gasteiger partial charge in [-0.05, 0) is 51.5 Å². The van der Waals surface area contributed by atoms with E-state index in [1.807, 2.05) is 6.92 Å². The summed E-state index contributed by atoms with van der Waals surface area (Å²) in [7, 11) is 1.58. The summed E-state index contributed by atoms with van der Waals surface area (Å²) < 4.78 is 5.16. The fraction of sp³-hybridized carbons (Fsp3) is 0.467. The highest BCUT2D eigenvalue weighted by Gasteiger charge is 2.28. The molecule has 0 radical (unpaired) electrons. The van der Waals surface area contributed by atoms with E-state index in [2.05, 4.69) is 5.32 Å². The van der Waals surface area contributed by atoms with Gasteiger partial charge in [-0.1, -0.05) is 0 Å². The van der Waals surface area contributed by atoms with Crippen molar-refractivity contribution in [2.45, 2.75) is 33.2 Å². The van der Waals surface area contributed by atoms with Gasteiger partial charge in [-0.25, -0.2) is 4.79 Å². The van der Waals surface area contributed by atoms with E-state index in [1.165, 1.54) is 4.90 Å². The predicted octanol–water partition coefficient (Wildman–Crippen LogP) is 2.72. The highest BCUT2D eigenvalue weighted by atomic mass is 16.5. The third kappa shape index (κ3) is 4.66. The summed E-state index contributed by atoms with van der Waals surface area (Å²) in [6.45, 7) is 6.87. The van der Waals surface area contributed by atoms with Crippen molar-refractivity contribution in [3.63, 3.8) is 0 Å². The number of carbonyl (C=O) groups excluding carboxylic acids is 1. The van der Waals surface area contributed by atoms with Crippen molar-refractivity contribution in [3.8, 4) is 5.75 Å². The molecule has 0 unspecified atom stereocenters. The zero-order valence-electron chi connectivity index (χ0n) is 13.1. The molecule has 0 aliphatic rings. The van der Waals surface area contributed by atoms with E-state index >= 15 is 0 Å². The molecule has 0 saturated carbocycles. The van der Waals surface area contributed by atoms with Crippen LogP contribution in [0.3, 0.4) is 0 Å². The fourth-order valence-corrected chi connectivity index (χ4v) is 1.90. The van der Waals surface area contributed by atoms with Gasteiger partial charge in [0.2, 0.25) is 0 Å². The zero-order chi connectivity index (χ0) is 16.2. The molecule has 0 aromatic heterocycles. The zero-order valence-corrected chi connectivity index (χ0v) is 13.1. The van der Waals surface area contributed by atoms with Gasteiger partial charge in [0.25, 0.3) is 0 Å². The average molecular weight is 294 g/mol. The second kappa shape index (κ2) is 6.47. The Bertz CT molecular complexity index is 535. The van der Waals surface area contributed by atoms with Crippen molar-refractivity contribution in [2.24, 2.45) is 0 Å². The number of benzene rings is 1. The Kier molecular flexibility index (Phi) is 5.18. The minimum absolute atomic E-state index is 0.357. The number of amides is 2. The van der Waals surface area contributed by atoms with Crippen LogP contribution in [0.15, 0.2) is 18.2 Å². The number of nitrogens with zero attached hydrogens (tertiary/aromatic N) is 1. The van der Waals surface area contributed by atoms with Crippen molar-refractivity contribution < 1.29 is 19.4 Å². The summed E-state index contributed by atoms with van der Waals surface area (Å²) in [6.07, 6.45) is 0. The van der Waals surface area contributed by atoms with Crippen LogP contribution in [0.1, 0.15) is 26.3 Å². The molecule has 0 aliphatic carbocycles. The first-order valence-corrected chi connectivity index (χ1v) is 6.60. The van der Waals surface area contributed by atoms with E-state index in [1.54, 1.807) is 46.1 Å². The van der Waals surface area contributed by atoms with Crippen LogP contribution in [-0.2, 0) is 4.79 Å². The van der Waals surface area contributed by atoms with Gasteiger partial charge in [-0.15, -0.1) is 0 Å². The monoisotopic (exact) mass is 294 g/mol. The number of ether oxygens (including phenoxy) is 1. The molecule has 21 heavy (non-hydrogen) atoms. The molecule has 0 aliphatic heterocycles. The first kappa shape index (κ1) is 16.8. The van der Waals surface area contributed by atoms with Gasteiger partial charge in [-0.3, -0.25) is 4.79 Å². The largest absolute Gasteiger partial charge is 0.496 e. The first-order valence-electron chi connectivity index (χ1n) is 6.60. The van der Waals surface area contributed by atoms with Crippen molar-refractivity contribution >= 4 is 17.7 Å². The predicted molar refractivity (Wildman–Crippen MR) is 80.8 cm³/mol. The van der Waals surface area contributed by atoms with Gasteiger partial charge in [0, 0.05) is 11.2 Å². The Morgan fingerprint density at radius 3 is 2.38 bits per heavy atom. The second-order valence-corrected chi connectivity index (χ2v) is 5.77. The Hall–Kier alpha value is -2.24. The first-order chi connectivity index (χ1) is 9.65. The molecule has 1 aromatic carbocycles. The molecule has 0 saturated heterocycles. The number of nitrogens with one attached hydrogen (secondary N) is 1. The quantitative estimate of drug-likeness (QED) is 0.895. The van der Waals surface area contributed by atoms with Crippen LogP contribution >= 0.6 is 0 Å². The van der Waals surface area contributed by atoms with Crippen LogP contribution in [0.2, 0.25) is 0 Å². The van der Waals surface area contributed by atoms with Gasteiger partial charge in [0.1, 0.15) is 12.3 Å². The molecule has 116 valence electrons. The maximum absolute atomic E-state index is 12.3. The van der Waals surface area contributed by atoms with Crippen LogP contribution in [0.4, 0.5) is 10.5 Å². The van der Waals surface area contributed by atoms with E-state index in [-0.39, 0.29) is 6.54 Å². The molecule has 2 amide bonds. The minimum Gasteiger partial charge on any atom is -0.496 e. The van der Waals surface area contributed by atoms with Crippen LogP contribution < -0.4 is 10.1 Å². The number of hydrogen-bond donors (Lipinski definition) is 2. The van der Waals surface area contributed by atoms with Crippen molar-refractivity contribution in [1.29, 1.82) is 0 Å². The third-order valence-corrected chi connectivity index (χ3v) is 2.99. The number of anilines is 1. The molecule has 6 heteroatoms. The van der Waals surface area contributed by atoms with Gasteiger partial charge in [-0.2, -0.15) is 0 Å². The summed E-state index contributed by atoms with van der Waals surface area (Å²) in [5.74, 6) is -0.322. The molecule has 0 atom stereocenters. The maximum Gasteiger partial charge on any atom is 0.323 e. The average Bonchev–Trinajstić information content (AvgIpc) is 2.34. The molecule has 0 bridgehead atoms. The number of rotatable bonds is 4. The lowest BCUT2D eigenvalue weighted by Crippen LogP contribution is -2.50. The molecule has 1 rings (SSSR count). The standard InChI is InChI=1S/C15H22N2O4/c1-10-8-11(6-7-12(10)21-5)16-14(20)17(9-13(18)19)15(2,3)4/h6-8H,9H2,1-5H3,(H,16,20)(H,18,19). The smallest absolute Gasteiger partial charge is 0.323 e. The van der Waals surface area contributed by atoms with Crippen LogP contribution in [0.25, 0.3) is 0 Å². The van der Waals surface area contributed by atoms with Gasteiger partial charge in [0.05, 0.1) is 7.11 Å². The lowest BCUT2D eigenvalue weighted by atomic mass is 10.1. The number of carbonyl (C=O) groups is 2. The van der Waals surface area contributed by atoms with Gasteiger partial charge in [0.15, 0.2) is 0 Å². The van der Waals surface area contributed by atoms with E-state index in [4.69, 9.17) is 9.84 Å². The SMILES string of the molecule is COc1ccc(NC(=O)N(CC(=O)O)C(C)(C)C)cc1C. The highest BCUT2D eigenvalue weighted by Crippen LogP contribution is 2.22. The molecule has 0 heterocycles. The van der Waals surface area contributed by atoms with Crippen LogP contribution in [0, 0.1) is 6.92 Å². The number of methoxy groups -OCH3 is 1. The molecule has 6 nitrogen and oxygen atoms in total. The van der Waals surface area contributed by atoms with E-state index < -0.39 is 17.5 Å². The van der Waals surface area contributed by atoms with Crippen molar-refractivity contribution in [3.05, 3.63) is 23.8 Å². The Morgan fingerprint density at radius 2 is 1.95 bits per heavy atom. The van der Waals surface area contributed by atoms with E-state index in [9.17, 15) is 9.59 Å². The van der Waals surface area contributed by atoms with Gasteiger partial charge < -0.3 is 20.1 Å².